The number of primary amides is 1. The lowest BCUT2D eigenvalue weighted by atomic mass is 9.95. The Morgan fingerprint density at radius 2 is 1.76 bits per heavy atom. The van der Waals surface area contributed by atoms with Crippen LogP contribution in [0.4, 0.5) is 5.69 Å². The van der Waals surface area contributed by atoms with E-state index in [9.17, 15) is 4.79 Å². The summed E-state index contributed by atoms with van der Waals surface area (Å²) in [6, 6.07) is 17.2. The molecule has 0 bridgehead atoms. The van der Waals surface area contributed by atoms with Crippen molar-refractivity contribution in [2.45, 2.75) is 44.9 Å². The first kappa shape index (κ1) is 19.9. The van der Waals surface area contributed by atoms with Crippen molar-refractivity contribution in [1.82, 2.24) is 4.90 Å². The number of ether oxygens (including phenoxy) is 1. The summed E-state index contributed by atoms with van der Waals surface area (Å²) >= 11 is 0. The number of nitrogens with two attached hydrogens (primary N) is 1. The molecule has 0 saturated carbocycles. The first-order valence-electron chi connectivity index (χ1n) is 10.6. The van der Waals surface area contributed by atoms with Gasteiger partial charge in [-0.05, 0) is 62.1 Å². The van der Waals surface area contributed by atoms with Crippen LogP contribution < -0.4 is 10.6 Å². The Morgan fingerprint density at radius 1 is 1.07 bits per heavy atom. The van der Waals surface area contributed by atoms with Crippen LogP contribution in [-0.2, 0) is 11.2 Å². The summed E-state index contributed by atoms with van der Waals surface area (Å²) in [5.41, 5.74) is 9.87. The third-order valence-corrected chi connectivity index (χ3v) is 6.36. The first-order chi connectivity index (χ1) is 14.0. The summed E-state index contributed by atoms with van der Waals surface area (Å²) in [7, 11) is 0. The third-order valence-electron chi connectivity index (χ3n) is 6.36. The van der Waals surface area contributed by atoms with Crippen LogP contribution in [0, 0.1) is 0 Å². The molecule has 0 aliphatic carbocycles. The molecule has 0 spiro atoms. The van der Waals surface area contributed by atoms with Gasteiger partial charge in [0, 0.05) is 43.0 Å². The molecule has 1 saturated heterocycles. The second kappa shape index (κ2) is 8.56. The summed E-state index contributed by atoms with van der Waals surface area (Å²) in [5.74, 6) is -0.380. The van der Waals surface area contributed by atoms with E-state index in [1.54, 1.807) is 0 Å². The summed E-state index contributed by atoms with van der Waals surface area (Å²) in [6.07, 6.45) is 2.25. The Morgan fingerprint density at radius 3 is 2.45 bits per heavy atom. The van der Waals surface area contributed by atoms with Crippen molar-refractivity contribution in [3.05, 3.63) is 65.2 Å². The Balaban J connectivity index is 1.38. The average Bonchev–Trinajstić information content (AvgIpc) is 2.73. The lowest BCUT2D eigenvalue weighted by Crippen LogP contribution is -2.57. The second-order valence-electron chi connectivity index (χ2n) is 8.35. The Bertz CT molecular complexity index is 839. The maximum absolute atomic E-state index is 11.3. The van der Waals surface area contributed by atoms with E-state index in [0.717, 1.165) is 44.8 Å². The minimum atomic E-state index is -0.380. The van der Waals surface area contributed by atoms with Crippen molar-refractivity contribution in [3.8, 4) is 0 Å². The highest BCUT2D eigenvalue weighted by Crippen LogP contribution is 2.31. The number of fused-ring (bicyclic) bond motifs is 1. The molecule has 1 fully saturated rings. The molecule has 1 amide bonds. The van der Waals surface area contributed by atoms with Crippen molar-refractivity contribution in [2.24, 2.45) is 5.73 Å². The predicted molar refractivity (Wildman–Crippen MR) is 116 cm³/mol. The highest BCUT2D eigenvalue weighted by atomic mass is 16.5. The molecule has 29 heavy (non-hydrogen) atoms. The number of hydrogen-bond acceptors (Lipinski definition) is 4. The fraction of sp³-hybridized carbons (Fsp3) is 0.458. The van der Waals surface area contributed by atoms with E-state index in [1.807, 2.05) is 24.3 Å². The third kappa shape index (κ3) is 4.31. The van der Waals surface area contributed by atoms with Crippen LogP contribution in [0.15, 0.2) is 48.5 Å². The smallest absolute Gasteiger partial charge is 0.248 e. The zero-order valence-electron chi connectivity index (χ0n) is 17.4. The number of rotatable bonds is 5. The largest absolute Gasteiger partial charge is 0.373 e. The van der Waals surface area contributed by atoms with Gasteiger partial charge in [0.1, 0.15) is 0 Å². The SMILES string of the molecule is C[C@@H]1CN(c2ccc(C(N)=O)cc2)C[C@H](C)N1CC[C@@H]1OCCc2ccccc21. The van der Waals surface area contributed by atoms with E-state index in [-0.39, 0.29) is 12.0 Å². The molecule has 0 aromatic heterocycles. The van der Waals surface area contributed by atoms with Gasteiger partial charge in [0.15, 0.2) is 0 Å². The van der Waals surface area contributed by atoms with Gasteiger partial charge in [-0.3, -0.25) is 9.69 Å². The molecule has 2 N–H and O–H groups in total. The number of amides is 1. The maximum atomic E-state index is 11.3. The lowest BCUT2D eigenvalue weighted by molar-refractivity contribution is 0.0200. The van der Waals surface area contributed by atoms with Gasteiger partial charge in [0.05, 0.1) is 12.7 Å². The molecular weight excluding hydrogens is 362 g/mol. The van der Waals surface area contributed by atoms with E-state index < -0.39 is 0 Å². The number of piperazine rings is 1. The number of carbonyl (C=O) groups is 1. The van der Waals surface area contributed by atoms with Crippen molar-refractivity contribution < 1.29 is 9.53 Å². The van der Waals surface area contributed by atoms with Gasteiger partial charge in [-0.2, -0.15) is 0 Å². The van der Waals surface area contributed by atoms with Crippen LogP contribution in [-0.4, -0.2) is 49.1 Å². The lowest BCUT2D eigenvalue weighted by Gasteiger charge is -2.46. The van der Waals surface area contributed by atoms with Crippen molar-refractivity contribution in [1.29, 1.82) is 0 Å². The maximum Gasteiger partial charge on any atom is 0.248 e. The minimum Gasteiger partial charge on any atom is -0.373 e. The molecule has 2 aromatic rings. The molecular formula is C24H31N3O2. The van der Waals surface area contributed by atoms with Crippen LogP contribution >= 0.6 is 0 Å². The number of benzene rings is 2. The Labute approximate surface area is 173 Å². The number of nitrogens with zero attached hydrogens (tertiary/aromatic N) is 2. The summed E-state index contributed by atoms with van der Waals surface area (Å²) in [5, 5.41) is 0. The van der Waals surface area contributed by atoms with Crippen LogP contribution in [0.1, 0.15) is 47.9 Å². The first-order valence-corrected chi connectivity index (χ1v) is 10.6. The number of carbonyl (C=O) groups excluding carboxylic acids is 1. The molecule has 2 aliphatic rings. The van der Waals surface area contributed by atoms with Gasteiger partial charge in [-0.1, -0.05) is 24.3 Å². The Hall–Kier alpha value is -2.37. The molecule has 2 aromatic carbocycles. The molecule has 2 heterocycles. The molecule has 5 heteroatoms. The topological polar surface area (TPSA) is 58.8 Å². The van der Waals surface area contributed by atoms with Crippen molar-refractivity contribution in [2.75, 3.05) is 31.1 Å². The fourth-order valence-corrected chi connectivity index (χ4v) is 4.83. The monoisotopic (exact) mass is 393 g/mol. The normalized spacial score (nSPS) is 24.9. The van der Waals surface area contributed by atoms with E-state index in [4.69, 9.17) is 10.5 Å². The van der Waals surface area contributed by atoms with Crippen LogP contribution in [0.5, 0.6) is 0 Å². The Kier molecular flexibility index (Phi) is 5.88. The van der Waals surface area contributed by atoms with E-state index in [1.165, 1.54) is 11.1 Å². The molecule has 0 radical (unpaired) electrons. The number of hydrogen-bond donors (Lipinski definition) is 1. The van der Waals surface area contributed by atoms with Crippen LogP contribution in [0.2, 0.25) is 0 Å². The summed E-state index contributed by atoms with van der Waals surface area (Å²) in [4.78, 5) is 16.3. The van der Waals surface area contributed by atoms with Gasteiger partial charge < -0.3 is 15.4 Å². The summed E-state index contributed by atoms with van der Waals surface area (Å²) < 4.78 is 6.11. The van der Waals surface area contributed by atoms with E-state index in [0.29, 0.717) is 17.6 Å². The van der Waals surface area contributed by atoms with Gasteiger partial charge in [-0.25, -0.2) is 0 Å². The fourth-order valence-electron chi connectivity index (χ4n) is 4.83. The van der Waals surface area contributed by atoms with Gasteiger partial charge in [0.2, 0.25) is 5.91 Å². The van der Waals surface area contributed by atoms with Crippen molar-refractivity contribution in [3.63, 3.8) is 0 Å². The zero-order chi connectivity index (χ0) is 20.4. The van der Waals surface area contributed by atoms with Crippen molar-refractivity contribution >= 4 is 11.6 Å². The zero-order valence-corrected chi connectivity index (χ0v) is 17.4. The van der Waals surface area contributed by atoms with Crippen LogP contribution in [0.3, 0.4) is 0 Å². The standard InChI is InChI=1S/C24H31N3O2/c1-17-15-26(21-9-7-20(8-10-21)24(25)28)16-18(2)27(17)13-11-23-22-6-4-3-5-19(22)12-14-29-23/h3-10,17-18,23H,11-16H2,1-2H3,(H2,25,28)/t17-,18+,23-/m0/s1. The highest BCUT2D eigenvalue weighted by molar-refractivity contribution is 5.93. The quantitative estimate of drug-likeness (QED) is 0.846. The predicted octanol–water partition coefficient (Wildman–Crippen LogP) is 3.39. The van der Waals surface area contributed by atoms with E-state index in [2.05, 4.69) is 47.9 Å². The van der Waals surface area contributed by atoms with Gasteiger partial charge in [-0.15, -0.1) is 0 Å². The second-order valence-corrected chi connectivity index (χ2v) is 8.35. The van der Waals surface area contributed by atoms with Gasteiger partial charge >= 0.3 is 0 Å². The molecule has 4 rings (SSSR count). The number of anilines is 1. The molecule has 3 atom stereocenters. The molecule has 154 valence electrons. The summed E-state index contributed by atoms with van der Waals surface area (Å²) in [6.45, 7) is 8.41. The molecule has 5 nitrogen and oxygen atoms in total. The molecule has 2 aliphatic heterocycles. The van der Waals surface area contributed by atoms with Crippen LogP contribution in [0.25, 0.3) is 0 Å². The minimum absolute atomic E-state index is 0.207. The highest BCUT2D eigenvalue weighted by Gasteiger charge is 2.30. The van der Waals surface area contributed by atoms with E-state index >= 15 is 0 Å². The van der Waals surface area contributed by atoms with Gasteiger partial charge in [0.25, 0.3) is 0 Å². The molecule has 0 unspecified atom stereocenters. The average molecular weight is 394 g/mol.